The van der Waals surface area contributed by atoms with Crippen molar-refractivity contribution in [3.8, 4) is 0 Å². The second-order valence-electron chi connectivity index (χ2n) is 7.30. The molecule has 1 aliphatic heterocycles. The lowest BCUT2D eigenvalue weighted by Gasteiger charge is -2.31. The van der Waals surface area contributed by atoms with Crippen molar-refractivity contribution in [1.82, 2.24) is 9.62 Å². The molecule has 1 aliphatic rings. The van der Waals surface area contributed by atoms with Crippen LogP contribution in [-0.2, 0) is 20.6 Å². The number of hydrogen-bond acceptors (Lipinski definition) is 3. The zero-order chi connectivity index (χ0) is 21.0. The molecule has 1 atom stereocenters. The van der Waals surface area contributed by atoms with Crippen molar-refractivity contribution in [2.45, 2.75) is 31.6 Å². The highest BCUT2D eigenvalue weighted by Crippen LogP contribution is 2.25. The number of piperidine rings is 1. The van der Waals surface area contributed by atoms with Crippen LogP contribution in [0.3, 0.4) is 0 Å². The monoisotopic (exact) mass is 438 g/mol. The predicted molar refractivity (Wildman–Crippen MR) is 111 cm³/mol. The van der Waals surface area contributed by atoms with Gasteiger partial charge in [-0.3, -0.25) is 4.79 Å². The second kappa shape index (κ2) is 9.24. The van der Waals surface area contributed by atoms with Crippen molar-refractivity contribution in [2.24, 2.45) is 5.92 Å². The molecule has 0 bridgehead atoms. The standard InChI is InChI=1S/C21H24ClFN2O3S/c1-15(16-6-8-19(23)9-7-16)24-21(26)17-10-12-25(13-11-17)29(27,28)14-18-4-2-3-5-20(18)22/h2-9,15,17H,10-14H2,1H3,(H,24,26). The van der Waals surface area contributed by atoms with Crippen LogP contribution >= 0.6 is 11.6 Å². The van der Waals surface area contributed by atoms with E-state index in [-0.39, 0.29) is 29.4 Å². The number of benzene rings is 2. The highest BCUT2D eigenvalue weighted by Gasteiger charge is 2.31. The summed E-state index contributed by atoms with van der Waals surface area (Å²) in [7, 11) is -3.50. The molecule has 1 saturated heterocycles. The average Bonchev–Trinajstić information content (AvgIpc) is 2.70. The fourth-order valence-corrected chi connectivity index (χ4v) is 5.34. The van der Waals surface area contributed by atoms with Crippen LogP contribution in [0.4, 0.5) is 4.39 Å². The molecule has 1 fully saturated rings. The normalized spacial score (nSPS) is 17.1. The molecule has 0 saturated carbocycles. The Morgan fingerprint density at radius 3 is 2.41 bits per heavy atom. The van der Waals surface area contributed by atoms with Crippen LogP contribution in [0, 0.1) is 11.7 Å². The summed E-state index contributed by atoms with van der Waals surface area (Å²) in [4.78, 5) is 12.6. The Balaban J connectivity index is 1.54. The van der Waals surface area contributed by atoms with E-state index in [0.29, 0.717) is 36.5 Å². The summed E-state index contributed by atoms with van der Waals surface area (Å²) in [6.07, 6.45) is 0.924. The number of nitrogens with zero attached hydrogens (tertiary/aromatic N) is 1. The van der Waals surface area contributed by atoms with Gasteiger partial charge >= 0.3 is 0 Å². The molecule has 29 heavy (non-hydrogen) atoms. The van der Waals surface area contributed by atoms with Gasteiger partial charge in [-0.25, -0.2) is 17.1 Å². The summed E-state index contributed by atoms with van der Waals surface area (Å²) in [6, 6.07) is 12.7. The van der Waals surface area contributed by atoms with Gasteiger partial charge in [-0.2, -0.15) is 0 Å². The van der Waals surface area contributed by atoms with E-state index < -0.39 is 10.0 Å². The molecule has 8 heteroatoms. The van der Waals surface area contributed by atoms with E-state index in [2.05, 4.69) is 5.32 Å². The van der Waals surface area contributed by atoms with Gasteiger partial charge in [0.1, 0.15) is 5.82 Å². The first-order chi connectivity index (χ1) is 13.8. The van der Waals surface area contributed by atoms with Crippen LogP contribution < -0.4 is 5.32 Å². The third-order valence-corrected chi connectivity index (χ3v) is 7.44. The van der Waals surface area contributed by atoms with Crippen LogP contribution in [-0.4, -0.2) is 31.7 Å². The van der Waals surface area contributed by atoms with E-state index >= 15 is 0 Å². The van der Waals surface area contributed by atoms with Crippen molar-refractivity contribution < 1.29 is 17.6 Å². The van der Waals surface area contributed by atoms with Gasteiger partial charge in [-0.15, -0.1) is 0 Å². The number of halogens is 2. The molecule has 0 aliphatic carbocycles. The van der Waals surface area contributed by atoms with Crippen molar-refractivity contribution in [2.75, 3.05) is 13.1 Å². The van der Waals surface area contributed by atoms with Gasteiger partial charge in [0.15, 0.2) is 0 Å². The van der Waals surface area contributed by atoms with Crippen molar-refractivity contribution in [3.05, 3.63) is 70.5 Å². The van der Waals surface area contributed by atoms with Crippen molar-refractivity contribution in [3.63, 3.8) is 0 Å². The highest BCUT2D eigenvalue weighted by atomic mass is 35.5. The van der Waals surface area contributed by atoms with E-state index in [4.69, 9.17) is 11.6 Å². The first kappa shape index (κ1) is 21.7. The van der Waals surface area contributed by atoms with Crippen molar-refractivity contribution in [1.29, 1.82) is 0 Å². The number of sulfonamides is 1. The Morgan fingerprint density at radius 1 is 1.17 bits per heavy atom. The van der Waals surface area contributed by atoms with E-state index in [1.807, 2.05) is 6.92 Å². The van der Waals surface area contributed by atoms with Crippen LogP contribution in [0.25, 0.3) is 0 Å². The van der Waals surface area contributed by atoms with Crippen LogP contribution in [0.15, 0.2) is 48.5 Å². The Kier molecular flexibility index (Phi) is 6.93. The third kappa shape index (κ3) is 5.56. The fourth-order valence-electron chi connectivity index (χ4n) is 3.47. The number of carbonyl (C=O) groups excluding carboxylic acids is 1. The van der Waals surface area contributed by atoms with E-state index in [1.165, 1.54) is 16.4 Å². The zero-order valence-corrected chi connectivity index (χ0v) is 17.7. The zero-order valence-electron chi connectivity index (χ0n) is 16.1. The molecule has 0 aromatic heterocycles. The van der Waals surface area contributed by atoms with Crippen LogP contribution in [0.2, 0.25) is 5.02 Å². The van der Waals surface area contributed by atoms with Crippen molar-refractivity contribution >= 4 is 27.5 Å². The summed E-state index contributed by atoms with van der Waals surface area (Å²) >= 11 is 6.08. The first-order valence-electron chi connectivity index (χ1n) is 9.53. The largest absolute Gasteiger partial charge is 0.349 e. The van der Waals surface area contributed by atoms with E-state index in [1.54, 1.807) is 36.4 Å². The Bertz CT molecular complexity index is 958. The lowest BCUT2D eigenvalue weighted by atomic mass is 9.96. The van der Waals surface area contributed by atoms with Gasteiger partial charge in [-0.1, -0.05) is 41.9 Å². The molecule has 2 aromatic carbocycles. The smallest absolute Gasteiger partial charge is 0.223 e. The van der Waals surface area contributed by atoms with Gasteiger partial charge in [0, 0.05) is 24.0 Å². The Labute approximate surface area is 175 Å². The summed E-state index contributed by atoms with van der Waals surface area (Å²) in [5.41, 5.74) is 1.39. The average molecular weight is 439 g/mol. The van der Waals surface area contributed by atoms with E-state index in [9.17, 15) is 17.6 Å². The molecule has 1 amide bonds. The highest BCUT2D eigenvalue weighted by molar-refractivity contribution is 7.88. The molecule has 0 spiro atoms. The molecule has 1 N–H and O–H groups in total. The maximum absolute atomic E-state index is 13.0. The molecular formula is C21H24ClFN2O3S. The maximum Gasteiger partial charge on any atom is 0.223 e. The minimum absolute atomic E-state index is 0.107. The molecular weight excluding hydrogens is 415 g/mol. The molecule has 2 aromatic rings. The topological polar surface area (TPSA) is 66.5 Å². The first-order valence-corrected chi connectivity index (χ1v) is 11.5. The number of amides is 1. The second-order valence-corrected chi connectivity index (χ2v) is 9.68. The number of carbonyl (C=O) groups is 1. The molecule has 0 radical (unpaired) electrons. The number of hydrogen-bond donors (Lipinski definition) is 1. The Morgan fingerprint density at radius 2 is 1.79 bits per heavy atom. The SMILES string of the molecule is CC(NC(=O)C1CCN(S(=O)(=O)Cc2ccccc2Cl)CC1)c1ccc(F)cc1. The minimum Gasteiger partial charge on any atom is -0.349 e. The molecule has 1 unspecified atom stereocenters. The Hall–Kier alpha value is -1.96. The quantitative estimate of drug-likeness (QED) is 0.743. The summed E-state index contributed by atoms with van der Waals surface area (Å²) in [5.74, 6) is -0.821. The van der Waals surface area contributed by atoms with Gasteiger partial charge in [0.25, 0.3) is 0 Å². The lowest BCUT2D eigenvalue weighted by Crippen LogP contribution is -2.43. The van der Waals surface area contributed by atoms with E-state index in [0.717, 1.165) is 5.56 Å². The third-order valence-electron chi connectivity index (χ3n) is 5.24. The van der Waals surface area contributed by atoms with Gasteiger partial charge < -0.3 is 5.32 Å². The minimum atomic E-state index is -3.50. The lowest BCUT2D eigenvalue weighted by molar-refractivity contribution is -0.126. The van der Waals surface area contributed by atoms with Gasteiger partial charge in [0.2, 0.25) is 15.9 Å². The molecule has 3 rings (SSSR count). The summed E-state index contributed by atoms with van der Waals surface area (Å²) in [5, 5.41) is 3.37. The fraction of sp³-hybridized carbons (Fsp3) is 0.381. The molecule has 5 nitrogen and oxygen atoms in total. The number of nitrogens with one attached hydrogen (secondary N) is 1. The molecule has 1 heterocycles. The van der Waals surface area contributed by atoms with Gasteiger partial charge in [-0.05, 0) is 49.1 Å². The predicted octanol–water partition coefficient (Wildman–Crippen LogP) is 3.90. The van der Waals surface area contributed by atoms with Gasteiger partial charge in [0.05, 0.1) is 11.8 Å². The van der Waals surface area contributed by atoms with Crippen LogP contribution in [0.5, 0.6) is 0 Å². The molecule has 156 valence electrons. The maximum atomic E-state index is 13.0. The summed E-state index contributed by atoms with van der Waals surface area (Å²) < 4.78 is 39.9. The summed E-state index contributed by atoms with van der Waals surface area (Å²) in [6.45, 7) is 2.44. The number of rotatable bonds is 6. The van der Waals surface area contributed by atoms with Crippen LogP contribution in [0.1, 0.15) is 36.9 Å².